The van der Waals surface area contributed by atoms with E-state index in [0.717, 1.165) is 51.5 Å². The SMILES string of the molecule is CCNC(=NCc1cccc(N2CC=CC2)c1)NC1CCN(CC(=O)N(C)C)CC1.I. The van der Waals surface area contributed by atoms with Crippen LogP contribution in [0.3, 0.4) is 0 Å². The normalized spacial score (nSPS) is 17.4. The molecule has 0 unspecified atom stereocenters. The molecule has 2 aliphatic rings. The molecular weight excluding hydrogens is 503 g/mol. The van der Waals surface area contributed by atoms with Gasteiger partial charge in [0, 0.05) is 58.5 Å². The number of benzene rings is 1. The summed E-state index contributed by atoms with van der Waals surface area (Å²) in [5.74, 6) is 1.04. The first-order valence-corrected chi connectivity index (χ1v) is 11.0. The molecule has 0 saturated carbocycles. The Balaban J connectivity index is 0.00000341. The van der Waals surface area contributed by atoms with Gasteiger partial charge in [0.1, 0.15) is 0 Å². The fourth-order valence-electron chi connectivity index (χ4n) is 3.79. The molecule has 7 nitrogen and oxygen atoms in total. The van der Waals surface area contributed by atoms with Gasteiger partial charge in [0.05, 0.1) is 13.1 Å². The van der Waals surface area contributed by atoms with Gasteiger partial charge in [-0.25, -0.2) is 4.99 Å². The summed E-state index contributed by atoms with van der Waals surface area (Å²) < 4.78 is 0. The van der Waals surface area contributed by atoms with Crippen molar-refractivity contribution >= 4 is 41.5 Å². The summed E-state index contributed by atoms with van der Waals surface area (Å²) >= 11 is 0. The highest BCUT2D eigenvalue weighted by Crippen LogP contribution is 2.19. The van der Waals surface area contributed by atoms with Gasteiger partial charge in [-0.3, -0.25) is 9.69 Å². The molecule has 0 bridgehead atoms. The number of aliphatic imine (C=N–C) groups is 1. The van der Waals surface area contributed by atoms with Crippen LogP contribution in [0.1, 0.15) is 25.3 Å². The van der Waals surface area contributed by atoms with Crippen molar-refractivity contribution in [3.63, 3.8) is 0 Å². The number of hydrogen-bond donors (Lipinski definition) is 2. The Kier molecular flexibility index (Phi) is 10.6. The lowest BCUT2D eigenvalue weighted by atomic mass is 10.1. The van der Waals surface area contributed by atoms with Crippen molar-refractivity contribution < 1.29 is 4.79 Å². The Bertz CT molecular complexity index is 750. The molecular formula is C23H37IN6O. The first-order valence-electron chi connectivity index (χ1n) is 11.0. The lowest BCUT2D eigenvalue weighted by molar-refractivity contribution is -0.130. The van der Waals surface area contributed by atoms with E-state index in [1.807, 2.05) is 14.1 Å². The number of nitrogens with zero attached hydrogens (tertiary/aromatic N) is 4. The van der Waals surface area contributed by atoms with Gasteiger partial charge in [-0.1, -0.05) is 24.3 Å². The summed E-state index contributed by atoms with van der Waals surface area (Å²) in [6, 6.07) is 9.04. The van der Waals surface area contributed by atoms with E-state index in [4.69, 9.17) is 4.99 Å². The number of guanidine groups is 1. The lowest BCUT2D eigenvalue weighted by Gasteiger charge is -2.33. The largest absolute Gasteiger partial charge is 0.364 e. The van der Waals surface area contributed by atoms with Crippen molar-refractivity contribution in [2.75, 3.05) is 58.3 Å². The molecule has 0 spiro atoms. The van der Waals surface area contributed by atoms with Crippen molar-refractivity contribution in [2.24, 2.45) is 4.99 Å². The highest BCUT2D eigenvalue weighted by molar-refractivity contribution is 14.0. The molecule has 3 rings (SSSR count). The van der Waals surface area contributed by atoms with Crippen LogP contribution in [-0.2, 0) is 11.3 Å². The highest BCUT2D eigenvalue weighted by Gasteiger charge is 2.22. The van der Waals surface area contributed by atoms with Crippen LogP contribution in [0.15, 0.2) is 41.4 Å². The van der Waals surface area contributed by atoms with Gasteiger partial charge >= 0.3 is 0 Å². The molecule has 2 N–H and O–H groups in total. The number of anilines is 1. The molecule has 1 aromatic rings. The molecule has 0 aliphatic carbocycles. The van der Waals surface area contributed by atoms with Crippen LogP contribution < -0.4 is 15.5 Å². The number of likely N-dealkylation sites (N-methyl/N-ethyl adjacent to an activating group) is 1. The fraction of sp³-hybridized carbons (Fsp3) is 0.565. The number of nitrogens with one attached hydrogen (secondary N) is 2. The van der Waals surface area contributed by atoms with Crippen molar-refractivity contribution in [3.8, 4) is 0 Å². The third-order valence-corrected chi connectivity index (χ3v) is 5.64. The average Bonchev–Trinajstić information content (AvgIpc) is 3.29. The summed E-state index contributed by atoms with van der Waals surface area (Å²) in [7, 11) is 3.63. The second-order valence-electron chi connectivity index (χ2n) is 8.22. The molecule has 172 valence electrons. The second kappa shape index (κ2) is 12.9. The summed E-state index contributed by atoms with van der Waals surface area (Å²) in [5, 5.41) is 6.96. The highest BCUT2D eigenvalue weighted by atomic mass is 127. The number of rotatable bonds is 7. The number of carbonyl (C=O) groups is 1. The number of carbonyl (C=O) groups excluding carboxylic acids is 1. The molecule has 2 heterocycles. The van der Waals surface area contributed by atoms with E-state index in [0.29, 0.717) is 19.1 Å². The Morgan fingerprint density at radius 1 is 1.19 bits per heavy atom. The number of halogens is 1. The Labute approximate surface area is 204 Å². The minimum Gasteiger partial charge on any atom is -0.364 e. The zero-order valence-electron chi connectivity index (χ0n) is 19.0. The van der Waals surface area contributed by atoms with Crippen LogP contribution >= 0.6 is 24.0 Å². The summed E-state index contributed by atoms with van der Waals surface area (Å²) in [6.45, 7) is 7.92. The molecule has 1 saturated heterocycles. The lowest BCUT2D eigenvalue weighted by Crippen LogP contribution is -2.50. The van der Waals surface area contributed by atoms with Crippen molar-refractivity contribution in [1.29, 1.82) is 0 Å². The van der Waals surface area contributed by atoms with Crippen LogP contribution in [0.5, 0.6) is 0 Å². The van der Waals surface area contributed by atoms with Gasteiger partial charge in [-0.15, -0.1) is 24.0 Å². The van der Waals surface area contributed by atoms with E-state index in [1.54, 1.807) is 4.90 Å². The van der Waals surface area contributed by atoms with Gasteiger partial charge in [0.25, 0.3) is 0 Å². The number of piperidine rings is 1. The Morgan fingerprint density at radius 2 is 1.90 bits per heavy atom. The molecule has 0 atom stereocenters. The topological polar surface area (TPSA) is 63.2 Å². The molecule has 8 heteroatoms. The average molecular weight is 540 g/mol. The Morgan fingerprint density at radius 3 is 2.55 bits per heavy atom. The van der Waals surface area contributed by atoms with Gasteiger partial charge in [0.2, 0.25) is 5.91 Å². The molecule has 31 heavy (non-hydrogen) atoms. The summed E-state index contributed by atoms with van der Waals surface area (Å²) in [5.41, 5.74) is 2.47. The minimum atomic E-state index is 0. The minimum absolute atomic E-state index is 0. The molecule has 2 aliphatic heterocycles. The van der Waals surface area contributed by atoms with Crippen molar-refractivity contribution in [2.45, 2.75) is 32.4 Å². The molecule has 0 aromatic heterocycles. The first-order chi connectivity index (χ1) is 14.5. The predicted octanol–water partition coefficient (Wildman–Crippen LogP) is 2.29. The molecule has 1 aromatic carbocycles. The van der Waals surface area contributed by atoms with Gasteiger partial charge in [-0.05, 0) is 37.5 Å². The Hall–Kier alpha value is -1.81. The van der Waals surface area contributed by atoms with E-state index in [9.17, 15) is 4.79 Å². The van der Waals surface area contributed by atoms with Gasteiger partial charge in [0.15, 0.2) is 5.96 Å². The van der Waals surface area contributed by atoms with Crippen molar-refractivity contribution in [3.05, 3.63) is 42.0 Å². The van der Waals surface area contributed by atoms with E-state index < -0.39 is 0 Å². The number of hydrogen-bond acceptors (Lipinski definition) is 4. The first kappa shape index (κ1) is 25.5. The van der Waals surface area contributed by atoms with Gasteiger partial charge < -0.3 is 20.4 Å². The summed E-state index contributed by atoms with van der Waals surface area (Å²) in [6.07, 6.45) is 6.45. The third-order valence-electron chi connectivity index (χ3n) is 5.64. The fourth-order valence-corrected chi connectivity index (χ4v) is 3.79. The summed E-state index contributed by atoms with van der Waals surface area (Å²) in [4.78, 5) is 23.0. The van der Waals surface area contributed by atoms with E-state index >= 15 is 0 Å². The molecule has 1 fully saturated rings. The molecule has 1 amide bonds. The van der Waals surface area contributed by atoms with E-state index in [-0.39, 0.29) is 29.9 Å². The number of likely N-dealkylation sites (tertiary alicyclic amines) is 1. The van der Waals surface area contributed by atoms with Crippen LogP contribution in [-0.4, -0.2) is 81.1 Å². The van der Waals surface area contributed by atoms with Crippen LogP contribution in [0, 0.1) is 0 Å². The zero-order chi connectivity index (χ0) is 21.3. The monoisotopic (exact) mass is 540 g/mol. The maximum atomic E-state index is 11.9. The maximum Gasteiger partial charge on any atom is 0.236 e. The predicted molar refractivity (Wildman–Crippen MR) is 139 cm³/mol. The molecule has 0 radical (unpaired) electrons. The van der Waals surface area contributed by atoms with Crippen LogP contribution in [0.25, 0.3) is 0 Å². The second-order valence-corrected chi connectivity index (χ2v) is 8.22. The van der Waals surface area contributed by atoms with Crippen LogP contribution in [0.2, 0.25) is 0 Å². The van der Waals surface area contributed by atoms with Crippen molar-refractivity contribution in [1.82, 2.24) is 20.4 Å². The maximum absolute atomic E-state index is 11.9. The third kappa shape index (κ3) is 7.99. The smallest absolute Gasteiger partial charge is 0.236 e. The standard InChI is InChI=1S/C23H36N6O.HI/c1-4-24-23(26-20-10-14-28(15-11-20)18-22(30)27(2)3)25-17-19-8-7-9-21(16-19)29-12-5-6-13-29;/h5-9,16,20H,4,10-15,17-18H2,1-3H3,(H2,24,25,26);1H. The van der Waals surface area contributed by atoms with E-state index in [1.165, 1.54) is 11.3 Å². The quantitative estimate of drug-likeness (QED) is 0.241. The van der Waals surface area contributed by atoms with Gasteiger partial charge in [-0.2, -0.15) is 0 Å². The number of amides is 1. The van der Waals surface area contributed by atoms with Crippen LogP contribution in [0.4, 0.5) is 5.69 Å². The zero-order valence-corrected chi connectivity index (χ0v) is 21.3. The van der Waals surface area contributed by atoms with E-state index in [2.05, 4.69) is 63.8 Å².